The van der Waals surface area contributed by atoms with E-state index >= 15 is 0 Å². The van der Waals surface area contributed by atoms with Gasteiger partial charge in [0.2, 0.25) is 0 Å². The molecule has 0 aliphatic carbocycles. The number of imidazole rings is 1. The van der Waals surface area contributed by atoms with E-state index < -0.39 is 0 Å². The molecule has 1 fully saturated rings. The van der Waals surface area contributed by atoms with Crippen LogP contribution < -0.4 is 0 Å². The summed E-state index contributed by atoms with van der Waals surface area (Å²) < 4.78 is 2.33. The van der Waals surface area contributed by atoms with Gasteiger partial charge in [0.1, 0.15) is 6.61 Å². The van der Waals surface area contributed by atoms with Gasteiger partial charge in [0.05, 0.1) is 27.5 Å². The van der Waals surface area contributed by atoms with Crippen LogP contribution in [0, 0.1) is 11.8 Å². The van der Waals surface area contributed by atoms with Gasteiger partial charge in [-0.1, -0.05) is 55.5 Å². The second kappa shape index (κ2) is 9.41. The van der Waals surface area contributed by atoms with Crippen LogP contribution in [0.1, 0.15) is 31.1 Å². The van der Waals surface area contributed by atoms with Crippen molar-refractivity contribution >= 4 is 11.3 Å². The zero-order valence-corrected chi connectivity index (χ0v) is 17.7. The molecule has 1 aromatic carbocycles. The minimum atomic E-state index is -0.116. The van der Waals surface area contributed by atoms with Crippen molar-refractivity contribution in [2.45, 2.75) is 38.8 Å². The first kappa shape index (κ1) is 19.9. The normalized spacial score (nSPS) is 17.1. The molecule has 1 aliphatic rings. The molecule has 0 radical (unpaired) electrons. The van der Waals surface area contributed by atoms with Gasteiger partial charge in [-0.25, -0.2) is 4.98 Å². The summed E-state index contributed by atoms with van der Waals surface area (Å²) in [5.41, 5.74) is 3.32. The van der Waals surface area contributed by atoms with Gasteiger partial charge in [-0.3, -0.25) is 4.90 Å². The lowest BCUT2D eigenvalue weighted by molar-refractivity contribution is 0.141. The summed E-state index contributed by atoms with van der Waals surface area (Å²) in [6.45, 7) is 5.39. The minimum Gasteiger partial charge on any atom is -0.384 e. The van der Waals surface area contributed by atoms with Crippen LogP contribution in [0.5, 0.6) is 0 Å². The zero-order valence-electron chi connectivity index (χ0n) is 16.8. The number of benzene rings is 1. The number of aromatic nitrogens is 2. The summed E-state index contributed by atoms with van der Waals surface area (Å²) in [6.07, 6.45) is 5.84. The Labute approximate surface area is 176 Å². The molecule has 1 saturated heterocycles. The van der Waals surface area contributed by atoms with Crippen molar-refractivity contribution in [1.29, 1.82) is 0 Å². The molecule has 1 N–H and O–H groups in total. The van der Waals surface area contributed by atoms with Crippen LogP contribution in [-0.2, 0) is 6.54 Å². The number of likely N-dealkylation sites (N-methyl/N-ethyl adjacent to an activating group) is 1. The molecule has 0 spiro atoms. The molecule has 2 aromatic heterocycles. The zero-order chi connectivity index (χ0) is 20.1. The summed E-state index contributed by atoms with van der Waals surface area (Å²) in [6, 6.07) is 15.1. The Morgan fingerprint density at radius 3 is 2.83 bits per heavy atom. The van der Waals surface area contributed by atoms with Crippen molar-refractivity contribution < 1.29 is 5.11 Å². The quantitative estimate of drug-likeness (QED) is 0.636. The largest absolute Gasteiger partial charge is 0.384 e. The number of thiophene rings is 1. The summed E-state index contributed by atoms with van der Waals surface area (Å²) in [5, 5.41) is 9.00. The average Bonchev–Trinajstić information content (AvgIpc) is 3.40. The Kier molecular flexibility index (Phi) is 6.46. The van der Waals surface area contributed by atoms with Crippen LogP contribution in [0.25, 0.3) is 21.8 Å². The first-order chi connectivity index (χ1) is 14.3. The second-order valence-corrected chi connectivity index (χ2v) is 8.45. The van der Waals surface area contributed by atoms with Crippen LogP contribution in [0.4, 0.5) is 0 Å². The van der Waals surface area contributed by atoms with Gasteiger partial charge in [-0.05, 0) is 38.1 Å². The summed E-state index contributed by atoms with van der Waals surface area (Å²) in [7, 11) is 0. The molecule has 1 atom stereocenters. The fraction of sp³-hybridized carbons (Fsp3) is 0.375. The third kappa shape index (κ3) is 4.45. The minimum absolute atomic E-state index is 0.116. The van der Waals surface area contributed by atoms with Gasteiger partial charge < -0.3 is 9.67 Å². The predicted octanol–water partition coefficient (Wildman–Crippen LogP) is 4.50. The summed E-state index contributed by atoms with van der Waals surface area (Å²) >= 11 is 1.66. The van der Waals surface area contributed by atoms with Crippen LogP contribution in [0.15, 0.2) is 48.8 Å². The molecule has 0 bridgehead atoms. The molecule has 3 heterocycles. The van der Waals surface area contributed by atoms with Crippen molar-refractivity contribution in [3.8, 4) is 33.7 Å². The van der Waals surface area contributed by atoms with Crippen molar-refractivity contribution in [3.63, 3.8) is 0 Å². The summed E-state index contributed by atoms with van der Waals surface area (Å²) in [5.74, 6) is 5.78. The van der Waals surface area contributed by atoms with E-state index in [1.165, 1.54) is 36.4 Å². The van der Waals surface area contributed by atoms with Gasteiger partial charge >= 0.3 is 0 Å². The molecule has 0 saturated carbocycles. The Morgan fingerprint density at radius 1 is 1.17 bits per heavy atom. The van der Waals surface area contributed by atoms with Gasteiger partial charge in [0.15, 0.2) is 0 Å². The van der Waals surface area contributed by atoms with Crippen LogP contribution in [-0.4, -0.2) is 45.3 Å². The highest BCUT2D eigenvalue weighted by molar-refractivity contribution is 7.16. The topological polar surface area (TPSA) is 41.3 Å². The standard InChI is InChI=1S/C24H27N3OS/c1-2-26-15-7-6-11-20(26)17-27-18-25-23(19-9-4-3-5-10-19)24(27)22-14-13-21(29-22)12-8-16-28/h3-5,9-10,13-14,18,20,28H,2,6-7,11,15-17H2,1H3/t20-/m0/s1. The number of aliphatic hydroxyl groups is 1. The highest BCUT2D eigenvalue weighted by Gasteiger charge is 2.24. The number of hydrogen-bond acceptors (Lipinski definition) is 4. The van der Waals surface area contributed by atoms with Crippen molar-refractivity contribution in [2.75, 3.05) is 19.7 Å². The van der Waals surface area contributed by atoms with E-state index in [0.717, 1.165) is 29.2 Å². The first-order valence-electron chi connectivity index (χ1n) is 10.3. The van der Waals surface area contributed by atoms with Gasteiger partial charge in [0.25, 0.3) is 0 Å². The smallest absolute Gasteiger partial charge is 0.104 e. The van der Waals surface area contributed by atoms with E-state index in [-0.39, 0.29) is 6.61 Å². The van der Waals surface area contributed by atoms with Gasteiger partial charge in [0, 0.05) is 18.2 Å². The Morgan fingerprint density at radius 2 is 2.03 bits per heavy atom. The number of likely N-dealkylation sites (tertiary alicyclic amines) is 1. The molecule has 150 valence electrons. The maximum Gasteiger partial charge on any atom is 0.104 e. The number of piperidine rings is 1. The lowest BCUT2D eigenvalue weighted by atomic mass is 10.0. The van der Waals surface area contributed by atoms with E-state index in [1.54, 1.807) is 11.3 Å². The number of aliphatic hydroxyl groups excluding tert-OH is 1. The number of rotatable bonds is 5. The maximum atomic E-state index is 9.00. The molecular formula is C24H27N3OS. The monoisotopic (exact) mass is 405 g/mol. The fourth-order valence-corrected chi connectivity index (χ4v) is 5.10. The van der Waals surface area contributed by atoms with Crippen LogP contribution >= 0.6 is 11.3 Å². The highest BCUT2D eigenvalue weighted by Crippen LogP contribution is 2.36. The Hall–Kier alpha value is -2.39. The second-order valence-electron chi connectivity index (χ2n) is 7.36. The molecular weight excluding hydrogens is 378 g/mol. The fourth-order valence-electron chi connectivity index (χ4n) is 4.16. The molecule has 4 rings (SSSR count). The Balaban J connectivity index is 1.73. The molecule has 5 heteroatoms. The molecule has 3 aromatic rings. The maximum absolute atomic E-state index is 9.00. The molecule has 4 nitrogen and oxygen atoms in total. The van der Waals surface area contributed by atoms with E-state index in [2.05, 4.69) is 58.6 Å². The molecule has 0 unspecified atom stereocenters. The van der Waals surface area contributed by atoms with E-state index in [9.17, 15) is 0 Å². The molecule has 1 aliphatic heterocycles. The highest BCUT2D eigenvalue weighted by atomic mass is 32.1. The molecule has 29 heavy (non-hydrogen) atoms. The molecule has 0 amide bonds. The third-order valence-corrected chi connectivity index (χ3v) is 6.59. The van der Waals surface area contributed by atoms with E-state index in [0.29, 0.717) is 6.04 Å². The SMILES string of the molecule is CCN1CCCC[C@H]1Cn1cnc(-c2ccccc2)c1-c1ccc(C#CCO)s1. The Bertz CT molecular complexity index is 996. The lowest BCUT2D eigenvalue weighted by Crippen LogP contribution is -2.41. The first-order valence-corrected chi connectivity index (χ1v) is 11.2. The number of nitrogens with zero attached hydrogens (tertiary/aromatic N) is 3. The lowest BCUT2D eigenvalue weighted by Gasteiger charge is -2.35. The van der Waals surface area contributed by atoms with Crippen LogP contribution in [0.2, 0.25) is 0 Å². The van der Waals surface area contributed by atoms with Crippen LogP contribution in [0.3, 0.4) is 0 Å². The van der Waals surface area contributed by atoms with Crippen molar-refractivity contribution in [3.05, 3.63) is 53.7 Å². The van der Waals surface area contributed by atoms with Gasteiger partial charge in [-0.15, -0.1) is 11.3 Å². The average molecular weight is 406 g/mol. The van der Waals surface area contributed by atoms with Gasteiger partial charge in [-0.2, -0.15) is 0 Å². The summed E-state index contributed by atoms with van der Waals surface area (Å²) in [4.78, 5) is 9.56. The number of hydrogen-bond donors (Lipinski definition) is 1. The van der Waals surface area contributed by atoms with E-state index in [1.807, 2.05) is 18.5 Å². The van der Waals surface area contributed by atoms with Crippen molar-refractivity contribution in [1.82, 2.24) is 14.5 Å². The van der Waals surface area contributed by atoms with Crippen molar-refractivity contribution in [2.24, 2.45) is 0 Å². The van der Waals surface area contributed by atoms with E-state index in [4.69, 9.17) is 10.1 Å². The third-order valence-electron chi connectivity index (χ3n) is 5.58. The predicted molar refractivity (Wildman–Crippen MR) is 120 cm³/mol.